The van der Waals surface area contributed by atoms with E-state index in [4.69, 9.17) is 9.47 Å². The lowest BCUT2D eigenvalue weighted by molar-refractivity contribution is -0.136. The molecule has 10 heteroatoms. The molecule has 3 rings (SSSR count). The standard InChI is InChI=1S/C22H27N3O6S/c1-30-17-8-11-20(31-2)19(14-17)24-22(27)21(26)23-15-16-6-9-18(10-7-16)32(28,29)25-12-4-3-5-13-25/h6-11,14H,3-5,12-13,15H2,1-2H3,(H,23,26)(H,24,27). The Labute approximate surface area is 187 Å². The lowest BCUT2D eigenvalue weighted by Crippen LogP contribution is -2.35. The Morgan fingerprint density at radius 2 is 1.62 bits per heavy atom. The van der Waals surface area contributed by atoms with Crippen LogP contribution in [-0.4, -0.2) is 51.8 Å². The molecule has 0 aromatic heterocycles. The van der Waals surface area contributed by atoms with Gasteiger partial charge in [0.2, 0.25) is 10.0 Å². The summed E-state index contributed by atoms with van der Waals surface area (Å²) in [7, 11) is -0.570. The number of nitrogens with zero attached hydrogens (tertiary/aromatic N) is 1. The fourth-order valence-electron chi connectivity index (χ4n) is 3.39. The molecule has 32 heavy (non-hydrogen) atoms. The SMILES string of the molecule is COc1ccc(OC)c(NC(=O)C(=O)NCc2ccc(S(=O)(=O)N3CCCCC3)cc2)c1. The minimum Gasteiger partial charge on any atom is -0.497 e. The van der Waals surface area contributed by atoms with Gasteiger partial charge in [-0.3, -0.25) is 9.59 Å². The molecule has 2 N–H and O–H groups in total. The van der Waals surface area contributed by atoms with E-state index in [0.29, 0.717) is 35.8 Å². The Balaban J connectivity index is 1.58. The molecule has 2 aromatic rings. The van der Waals surface area contributed by atoms with Crippen LogP contribution in [0.4, 0.5) is 5.69 Å². The molecule has 1 fully saturated rings. The van der Waals surface area contributed by atoms with Gasteiger partial charge in [0, 0.05) is 25.7 Å². The molecule has 0 radical (unpaired) electrons. The first-order valence-electron chi connectivity index (χ1n) is 10.3. The van der Waals surface area contributed by atoms with E-state index in [9.17, 15) is 18.0 Å². The smallest absolute Gasteiger partial charge is 0.313 e. The maximum atomic E-state index is 12.7. The van der Waals surface area contributed by atoms with Crippen LogP contribution in [0.5, 0.6) is 11.5 Å². The number of methoxy groups -OCH3 is 2. The van der Waals surface area contributed by atoms with Gasteiger partial charge in [-0.05, 0) is 42.7 Å². The third-order valence-electron chi connectivity index (χ3n) is 5.19. The third kappa shape index (κ3) is 5.57. The zero-order valence-electron chi connectivity index (χ0n) is 18.1. The molecule has 1 saturated heterocycles. The van der Waals surface area contributed by atoms with Gasteiger partial charge >= 0.3 is 11.8 Å². The van der Waals surface area contributed by atoms with Gasteiger partial charge < -0.3 is 20.1 Å². The summed E-state index contributed by atoms with van der Waals surface area (Å²) in [6.07, 6.45) is 2.78. The number of nitrogens with one attached hydrogen (secondary N) is 2. The zero-order valence-corrected chi connectivity index (χ0v) is 18.9. The van der Waals surface area contributed by atoms with Gasteiger partial charge in [-0.15, -0.1) is 0 Å². The number of anilines is 1. The van der Waals surface area contributed by atoms with Crippen molar-refractivity contribution >= 4 is 27.5 Å². The summed E-state index contributed by atoms with van der Waals surface area (Å²) in [4.78, 5) is 24.7. The second kappa shape index (κ2) is 10.5. The molecular weight excluding hydrogens is 434 g/mol. The van der Waals surface area contributed by atoms with E-state index in [0.717, 1.165) is 19.3 Å². The first-order valence-corrected chi connectivity index (χ1v) is 11.7. The summed E-state index contributed by atoms with van der Waals surface area (Å²) in [6, 6.07) is 11.1. The molecule has 172 valence electrons. The van der Waals surface area contributed by atoms with Gasteiger partial charge in [0.15, 0.2) is 0 Å². The Hall–Kier alpha value is -3.11. The lowest BCUT2D eigenvalue weighted by Gasteiger charge is -2.25. The van der Waals surface area contributed by atoms with Crippen LogP contribution in [0.1, 0.15) is 24.8 Å². The van der Waals surface area contributed by atoms with Crippen molar-refractivity contribution in [2.45, 2.75) is 30.7 Å². The summed E-state index contributed by atoms with van der Waals surface area (Å²) in [5.74, 6) is -0.806. The average molecular weight is 462 g/mol. The van der Waals surface area contributed by atoms with E-state index in [1.165, 1.54) is 30.7 Å². The van der Waals surface area contributed by atoms with Crippen molar-refractivity contribution in [3.05, 3.63) is 48.0 Å². The van der Waals surface area contributed by atoms with Crippen LogP contribution in [0.3, 0.4) is 0 Å². The highest BCUT2D eigenvalue weighted by molar-refractivity contribution is 7.89. The quantitative estimate of drug-likeness (QED) is 0.611. The maximum Gasteiger partial charge on any atom is 0.313 e. The highest BCUT2D eigenvalue weighted by Crippen LogP contribution is 2.28. The van der Waals surface area contributed by atoms with E-state index >= 15 is 0 Å². The molecule has 9 nitrogen and oxygen atoms in total. The number of ether oxygens (including phenoxy) is 2. The van der Waals surface area contributed by atoms with Crippen LogP contribution in [0, 0.1) is 0 Å². The summed E-state index contributed by atoms with van der Waals surface area (Å²) < 4.78 is 37.2. The number of piperidine rings is 1. The minimum atomic E-state index is -3.51. The molecule has 1 aliphatic heterocycles. The maximum absolute atomic E-state index is 12.7. The average Bonchev–Trinajstić information content (AvgIpc) is 2.83. The molecule has 0 aliphatic carbocycles. The second-order valence-corrected chi connectivity index (χ2v) is 9.25. The molecule has 1 aliphatic rings. The number of sulfonamides is 1. The first-order chi connectivity index (χ1) is 15.3. The number of carbonyl (C=O) groups excluding carboxylic acids is 2. The van der Waals surface area contributed by atoms with Crippen LogP contribution >= 0.6 is 0 Å². The van der Waals surface area contributed by atoms with Gasteiger partial charge in [-0.1, -0.05) is 18.6 Å². The van der Waals surface area contributed by atoms with Gasteiger partial charge in [0.1, 0.15) is 11.5 Å². The topological polar surface area (TPSA) is 114 Å². The van der Waals surface area contributed by atoms with E-state index in [-0.39, 0.29) is 11.4 Å². The predicted molar refractivity (Wildman–Crippen MR) is 119 cm³/mol. The number of amides is 2. The minimum absolute atomic E-state index is 0.0749. The van der Waals surface area contributed by atoms with Crippen molar-refractivity contribution in [1.82, 2.24) is 9.62 Å². The monoisotopic (exact) mass is 461 g/mol. The summed E-state index contributed by atoms with van der Waals surface area (Å²) in [5.41, 5.74) is 0.974. The van der Waals surface area contributed by atoms with Crippen molar-refractivity contribution in [2.75, 3.05) is 32.6 Å². The van der Waals surface area contributed by atoms with Crippen LogP contribution in [0.2, 0.25) is 0 Å². The van der Waals surface area contributed by atoms with E-state index < -0.39 is 21.8 Å². The molecule has 0 spiro atoms. The number of hydrogen-bond donors (Lipinski definition) is 2. The Kier molecular flexibility index (Phi) is 7.70. The molecule has 2 aromatic carbocycles. The van der Waals surface area contributed by atoms with Gasteiger partial charge in [-0.25, -0.2) is 8.42 Å². The number of hydrogen-bond acceptors (Lipinski definition) is 6. The highest BCUT2D eigenvalue weighted by Gasteiger charge is 2.25. The van der Waals surface area contributed by atoms with Gasteiger partial charge in [-0.2, -0.15) is 4.31 Å². The second-order valence-electron chi connectivity index (χ2n) is 7.31. The fraction of sp³-hybridized carbons (Fsp3) is 0.364. The Morgan fingerprint density at radius 1 is 0.938 bits per heavy atom. The molecule has 0 unspecified atom stereocenters. The van der Waals surface area contributed by atoms with E-state index in [1.807, 2.05) is 0 Å². The largest absolute Gasteiger partial charge is 0.497 e. The number of carbonyl (C=O) groups is 2. The van der Waals surface area contributed by atoms with E-state index in [2.05, 4.69) is 10.6 Å². The van der Waals surface area contributed by atoms with Crippen molar-refractivity contribution in [3.63, 3.8) is 0 Å². The molecule has 1 heterocycles. The number of rotatable bonds is 7. The van der Waals surface area contributed by atoms with Gasteiger partial charge in [0.05, 0.1) is 24.8 Å². The van der Waals surface area contributed by atoms with Crippen molar-refractivity contribution in [2.24, 2.45) is 0 Å². The van der Waals surface area contributed by atoms with Crippen molar-refractivity contribution in [3.8, 4) is 11.5 Å². The van der Waals surface area contributed by atoms with Crippen molar-refractivity contribution < 1.29 is 27.5 Å². The predicted octanol–water partition coefficient (Wildman–Crippen LogP) is 2.13. The Morgan fingerprint density at radius 3 is 2.25 bits per heavy atom. The summed E-state index contributed by atoms with van der Waals surface area (Å²) >= 11 is 0. The zero-order chi connectivity index (χ0) is 23.1. The molecule has 2 amide bonds. The van der Waals surface area contributed by atoms with Crippen molar-refractivity contribution in [1.29, 1.82) is 0 Å². The summed E-state index contributed by atoms with van der Waals surface area (Å²) in [6.45, 7) is 1.15. The van der Waals surface area contributed by atoms with Crippen LogP contribution < -0.4 is 20.1 Å². The summed E-state index contributed by atoms with van der Waals surface area (Å²) in [5, 5.41) is 5.02. The molecule has 0 saturated carbocycles. The normalized spacial score (nSPS) is 14.4. The molecule has 0 atom stereocenters. The van der Waals surface area contributed by atoms with Gasteiger partial charge in [0.25, 0.3) is 0 Å². The molecular formula is C22H27N3O6S. The number of benzene rings is 2. The Bertz CT molecular complexity index is 1060. The molecule has 0 bridgehead atoms. The van der Waals surface area contributed by atoms with E-state index in [1.54, 1.807) is 30.3 Å². The van der Waals surface area contributed by atoms with Crippen LogP contribution in [0.15, 0.2) is 47.4 Å². The van der Waals surface area contributed by atoms with Crippen LogP contribution in [0.25, 0.3) is 0 Å². The first kappa shape index (κ1) is 23.6. The highest BCUT2D eigenvalue weighted by atomic mass is 32.2. The lowest BCUT2D eigenvalue weighted by atomic mass is 10.2. The fourth-order valence-corrected chi connectivity index (χ4v) is 4.90. The van der Waals surface area contributed by atoms with Crippen LogP contribution in [-0.2, 0) is 26.2 Å². The third-order valence-corrected chi connectivity index (χ3v) is 7.10.